The average molecular weight is 329 g/mol. The van der Waals surface area contributed by atoms with E-state index in [9.17, 15) is 9.59 Å². The Bertz CT molecular complexity index is 664. The molecule has 1 aliphatic rings. The Labute approximate surface area is 142 Å². The minimum absolute atomic E-state index is 0.0978. The van der Waals surface area contributed by atoms with Crippen molar-refractivity contribution in [3.8, 4) is 5.75 Å². The van der Waals surface area contributed by atoms with Crippen molar-refractivity contribution in [3.63, 3.8) is 0 Å². The van der Waals surface area contributed by atoms with E-state index in [-0.39, 0.29) is 11.7 Å². The Kier molecular flexibility index (Phi) is 5.57. The lowest BCUT2D eigenvalue weighted by Crippen LogP contribution is -2.54. The molecule has 0 fully saturated rings. The summed E-state index contributed by atoms with van der Waals surface area (Å²) >= 11 is 0. The standard InChI is InChI=1S/C19H23NO4/c1-5-10-24-19(13(2)11-16(21)12-14(19)3)20-18(22)15-6-8-17(23-4)9-7-15/h6-9,11-12H,5,10H2,1-4H3,(H,20,22). The second-order valence-electron chi connectivity index (χ2n) is 5.77. The van der Waals surface area contributed by atoms with E-state index < -0.39 is 5.72 Å². The summed E-state index contributed by atoms with van der Waals surface area (Å²) in [4.78, 5) is 24.4. The predicted octanol–water partition coefficient (Wildman–Crippen LogP) is 3.02. The molecule has 0 saturated carbocycles. The summed E-state index contributed by atoms with van der Waals surface area (Å²) in [5.41, 5.74) is 0.749. The number of amides is 1. The molecular formula is C19H23NO4. The van der Waals surface area contributed by atoms with Crippen molar-refractivity contribution >= 4 is 11.7 Å². The van der Waals surface area contributed by atoms with E-state index in [1.807, 2.05) is 6.92 Å². The average Bonchev–Trinajstić information content (AvgIpc) is 2.57. The normalized spacial score (nSPS) is 16.2. The third-order valence-corrected chi connectivity index (χ3v) is 3.99. The first-order chi connectivity index (χ1) is 11.4. The van der Waals surface area contributed by atoms with E-state index >= 15 is 0 Å². The molecule has 0 atom stereocenters. The van der Waals surface area contributed by atoms with Gasteiger partial charge >= 0.3 is 0 Å². The van der Waals surface area contributed by atoms with Gasteiger partial charge in [0.25, 0.3) is 5.91 Å². The molecule has 0 saturated heterocycles. The topological polar surface area (TPSA) is 64.6 Å². The van der Waals surface area contributed by atoms with Crippen LogP contribution in [0.2, 0.25) is 0 Å². The Morgan fingerprint density at radius 3 is 2.21 bits per heavy atom. The van der Waals surface area contributed by atoms with Crippen LogP contribution in [0, 0.1) is 0 Å². The highest BCUT2D eigenvalue weighted by Gasteiger charge is 2.39. The number of methoxy groups -OCH3 is 1. The molecule has 1 aromatic rings. The molecule has 0 aliphatic heterocycles. The number of allylic oxidation sites excluding steroid dienone is 2. The van der Waals surface area contributed by atoms with Gasteiger partial charge in [-0.1, -0.05) is 6.92 Å². The van der Waals surface area contributed by atoms with Crippen LogP contribution in [0.25, 0.3) is 0 Å². The minimum Gasteiger partial charge on any atom is -0.497 e. The number of rotatable bonds is 6. The minimum atomic E-state index is -1.08. The maximum Gasteiger partial charge on any atom is 0.253 e. The van der Waals surface area contributed by atoms with E-state index in [4.69, 9.17) is 9.47 Å². The first kappa shape index (κ1) is 17.9. The van der Waals surface area contributed by atoms with Gasteiger partial charge in [0.1, 0.15) is 5.75 Å². The highest BCUT2D eigenvalue weighted by Crippen LogP contribution is 2.31. The smallest absolute Gasteiger partial charge is 0.253 e. The van der Waals surface area contributed by atoms with Crippen molar-refractivity contribution in [1.29, 1.82) is 0 Å². The number of benzene rings is 1. The summed E-state index contributed by atoms with van der Waals surface area (Å²) in [6, 6.07) is 6.83. The number of carbonyl (C=O) groups excluding carboxylic acids is 2. The van der Waals surface area contributed by atoms with Gasteiger partial charge in [0.05, 0.1) is 7.11 Å². The molecular weight excluding hydrogens is 306 g/mol. The third kappa shape index (κ3) is 3.57. The Balaban J connectivity index is 2.31. The zero-order valence-electron chi connectivity index (χ0n) is 14.5. The van der Waals surface area contributed by atoms with Gasteiger partial charge in [-0.05, 0) is 67.8 Å². The Morgan fingerprint density at radius 1 is 1.12 bits per heavy atom. The molecule has 24 heavy (non-hydrogen) atoms. The van der Waals surface area contributed by atoms with E-state index in [2.05, 4.69) is 5.32 Å². The first-order valence-electron chi connectivity index (χ1n) is 7.95. The molecule has 0 aromatic heterocycles. The zero-order chi connectivity index (χ0) is 17.7. The highest BCUT2D eigenvalue weighted by atomic mass is 16.5. The maximum atomic E-state index is 12.7. The molecule has 0 heterocycles. The van der Waals surface area contributed by atoms with E-state index in [1.54, 1.807) is 45.2 Å². The van der Waals surface area contributed by atoms with Gasteiger partial charge in [-0.3, -0.25) is 9.59 Å². The maximum absolute atomic E-state index is 12.7. The Morgan fingerprint density at radius 2 is 1.71 bits per heavy atom. The molecule has 1 amide bonds. The first-order valence-corrected chi connectivity index (χ1v) is 7.95. The second-order valence-corrected chi connectivity index (χ2v) is 5.77. The van der Waals surface area contributed by atoms with Gasteiger partial charge in [-0.25, -0.2) is 0 Å². The lowest BCUT2D eigenvalue weighted by molar-refractivity contribution is -0.111. The molecule has 0 unspecified atom stereocenters. The number of ketones is 1. The Hall–Kier alpha value is -2.40. The van der Waals surface area contributed by atoms with Crippen molar-refractivity contribution in [2.24, 2.45) is 0 Å². The van der Waals surface area contributed by atoms with Crippen molar-refractivity contribution in [1.82, 2.24) is 5.32 Å². The zero-order valence-corrected chi connectivity index (χ0v) is 14.5. The van der Waals surface area contributed by atoms with Crippen molar-refractivity contribution in [2.75, 3.05) is 13.7 Å². The molecule has 1 N–H and O–H groups in total. The van der Waals surface area contributed by atoms with Gasteiger partial charge in [-0.2, -0.15) is 0 Å². The summed E-state index contributed by atoms with van der Waals surface area (Å²) in [5.74, 6) is 0.307. The van der Waals surface area contributed by atoms with Crippen LogP contribution in [0.5, 0.6) is 5.75 Å². The fraction of sp³-hybridized carbons (Fsp3) is 0.368. The van der Waals surface area contributed by atoms with Crippen LogP contribution >= 0.6 is 0 Å². The summed E-state index contributed by atoms with van der Waals surface area (Å²) in [6.07, 6.45) is 3.79. The molecule has 0 bridgehead atoms. The molecule has 1 aromatic carbocycles. The van der Waals surface area contributed by atoms with E-state index in [0.29, 0.717) is 29.1 Å². The van der Waals surface area contributed by atoms with Gasteiger partial charge in [0.15, 0.2) is 11.5 Å². The van der Waals surface area contributed by atoms with Gasteiger partial charge in [0.2, 0.25) is 0 Å². The fourth-order valence-electron chi connectivity index (χ4n) is 2.67. The summed E-state index contributed by atoms with van der Waals surface area (Å²) in [7, 11) is 1.57. The van der Waals surface area contributed by atoms with E-state index in [1.165, 1.54) is 12.2 Å². The number of ether oxygens (including phenoxy) is 2. The number of hydrogen-bond donors (Lipinski definition) is 1. The molecule has 2 rings (SSSR count). The van der Waals surface area contributed by atoms with Crippen molar-refractivity contribution in [3.05, 3.63) is 53.1 Å². The summed E-state index contributed by atoms with van der Waals surface area (Å²) < 4.78 is 11.1. The highest BCUT2D eigenvalue weighted by molar-refractivity contribution is 6.03. The second kappa shape index (κ2) is 7.45. The lowest BCUT2D eigenvalue weighted by atomic mass is 9.89. The van der Waals surface area contributed by atoms with Crippen LogP contribution in [0.3, 0.4) is 0 Å². The van der Waals surface area contributed by atoms with Crippen LogP contribution in [-0.4, -0.2) is 31.1 Å². The molecule has 0 radical (unpaired) electrons. The third-order valence-electron chi connectivity index (χ3n) is 3.99. The van der Waals surface area contributed by atoms with Gasteiger partial charge < -0.3 is 14.8 Å². The number of carbonyl (C=O) groups is 2. The molecule has 5 nitrogen and oxygen atoms in total. The van der Waals surface area contributed by atoms with Gasteiger partial charge in [0, 0.05) is 12.2 Å². The number of nitrogens with one attached hydrogen (secondary N) is 1. The SMILES string of the molecule is CCCOC1(NC(=O)c2ccc(OC)cc2)C(C)=CC(=O)C=C1C. The van der Waals surface area contributed by atoms with Gasteiger partial charge in [-0.15, -0.1) is 0 Å². The lowest BCUT2D eigenvalue weighted by Gasteiger charge is -2.38. The van der Waals surface area contributed by atoms with E-state index in [0.717, 1.165) is 6.42 Å². The van der Waals surface area contributed by atoms with Crippen LogP contribution < -0.4 is 10.1 Å². The molecule has 1 aliphatic carbocycles. The summed E-state index contributed by atoms with van der Waals surface area (Å²) in [5, 5.41) is 2.95. The van der Waals surface area contributed by atoms with Crippen LogP contribution in [0.4, 0.5) is 0 Å². The quantitative estimate of drug-likeness (QED) is 0.815. The van der Waals surface area contributed by atoms with Crippen LogP contribution in [-0.2, 0) is 9.53 Å². The molecule has 0 spiro atoms. The van der Waals surface area contributed by atoms with Crippen LogP contribution in [0.15, 0.2) is 47.6 Å². The van der Waals surface area contributed by atoms with Crippen LogP contribution in [0.1, 0.15) is 37.6 Å². The fourth-order valence-corrected chi connectivity index (χ4v) is 2.67. The number of hydrogen-bond acceptors (Lipinski definition) is 4. The van der Waals surface area contributed by atoms with Crippen molar-refractivity contribution in [2.45, 2.75) is 32.9 Å². The monoisotopic (exact) mass is 329 g/mol. The predicted molar refractivity (Wildman–Crippen MR) is 92.0 cm³/mol. The molecule has 5 heteroatoms. The summed E-state index contributed by atoms with van der Waals surface area (Å²) in [6.45, 7) is 6.04. The van der Waals surface area contributed by atoms with Crippen molar-refractivity contribution < 1.29 is 19.1 Å². The largest absolute Gasteiger partial charge is 0.497 e. The molecule has 128 valence electrons.